The molecule has 2 saturated carbocycles. The van der Waals surface area contributed by atoms with Crippen molar-refractivity contribution in [3.8, 4) is 11.5 Å². The third kappa shape index (κ3) is 2.74. The van der Waals surface area contributed by atoms with Crippen LogP contribution < -0.4 is 10.1 Å². The molecule has 178 valence electrons. The van der Waals surface area contributed by atoms with E-state index in [-0.39, 0.29) is 23.7 Å². The van der Waals surface area contributed by atoms with Crippen LogP contribution in [0.25, 0.3) is 6.08 Å². The molecule has 1 aromatic heterocycles. The first-order valence-electron chi connectivity index (χ1n) is 12.5. The highest BCUT2D eigenvalue weighted by Crippen LogP contribution is 2.65. The number of hydrogen-bond acceptors (Lipinski definition) is 6. The molecule has 5 atom stereocenters. The average Bonchev–Trinajstić information content (AvgIpc) is 3.33. The van der Waals surface area contributed by atoms with E-state index in [0.717, 1.165) is 48.5 Å². The lowest BCUT2D eigenvalue weighted by Crippen LogP contribution is -2.78. The SMILES string of the molecule is O=C(/C=C/c1ccoc1)NC1CCC2(O)[C@H]3Cc4ccc(O)c5c4[C@@]2(CCN3CC2CC2)[C@H]1O5. The van der Waals surface area contributed by atoms with E-state index in [9.17, 15) is 15.0 Å². The molecule has 1 amide bonds. The summed E-state index contributed by atoms with van der Waals surface area (Å²) in [5, 5.41) is 26.3. The quantitative estimate of drug-likeness (QED) is 0.592. The summed E-state index contributed by atoms with van der Waals surface area (Å²) >= 11 is 0. The Morgan fingerprint density at radius 3 is 2.91 bits per heavy atom. The third-order valence-electron chi connectivity index (χ3n) is 9.06. The van der Waals surface area contributed by atoms with Gasteiger partial charge in [-0.3, -0.25) is 9.69 Å². The first kappa shape index (κ1) is 20.6. The zero-order valence-corrected chi connectivity index (χ0v) is 19.1. The number of carbonyl (C=O) groups is 1. The number of aromatic hydroxyl groups is 1. The summed E-state index contributed by atoms with van der Waals surface area (Å²) in [4.78, 5) is 15.3. The summed E-state index contributed by atoms with van der Waals surface area (Å²) in [6.07, 6.45) is 11.3. The smallest absolute Gasteiger partial charge is 0.244 e. The number of aliphatic hydroxyl groups is 1. The maximum atomic E-state index is 12.8. The Bertz CT molecular complexity index is 1170. The predicted octanol–water partition coefficient (Wildman–Crippen LogP) is 2.75. The lowest BCUT2D eigenvalue weighted by atomic mass is 9.48. The lowest BCUT2D eigenvalue weighted by Gasteiger charge is -2.64. The van der Waals surface area contributed by atoms with Gasteiger partial charge in [0.15, 0.2) is 11.5 Å². The highest BCUT2D eigenvalue weighted by atomic mass is 16.5. The maximum Gasteiger partial charge on any atom is 0.244 e. The summed E-state index contributed by atoms with van der Waals surface area (Å²) in [7, 11) is 0. The molecule has 2 bridgehead atoms. The van der Waals surface area contributed by atoms with Crippen LogP contribution in [0.1, 0.15) is 48.8 Å². The van der Waals surface area contributed by atoms with Crippen LogP contribution in [0.2, 0.25) is 0 Å². The van der Waals surface area contributed by atoms with Crippen LogP contribution in [0.4, 0.5) is 0 Å². The van der Waals surface area contributed by atoms with Crippen molar-refractivity contribution < 1.29 is 24.2 Å². The standard InChI is InChI=1S/C27H30N2O5/c30-20-5-4-18-13-21-27(32)9-7-19(28-22(31)6-3-17-8-12-33-15-17)25-26(27,23(18)24(20)34-25)10-11-29(21)14-16-1-2-16/h3-6,8,12,15-16,19,21,25,30,32H,1-2,7,9-11,13-14H2,(H,28,31)/b6-3+/t19?,21-,25+,26+,27?/m1/s1. The fourth-order valence-corrected chi connectivity index (χ4v) is 7.40. The van der Waals surface area contributed by atoms with Crippen molar-refractivity contribution in [2.45, 2.75) is 67.7 Å². The van der Waals surface area contributed by atoms with Gasteiger partial charge in [0.1, 0.15) is 6.10 Å². The first-order valence-corrected chi connectivity index (χ1v) is 12.5. The summed E-state index contributed by atoms with van der Waals surface area (Å²) < 4.78 is 11.5. The topological polar surface area (TPSA) is 95.2 Å². The van der Waals surface area contributed by atoms with Crippen LogP contribution in [-0.4, -0.2) is 57.9 Å². The summed E-state index contributed by atoms with van der Waals surface area (Å²) in [5.41, 5.74) is 1.41. The van der Waals surface area contributed by atoms with Crippen LogP contribution >= 0.6 is 0 Å². The fraction of sp³-hybridized carbons (Fsp3) is 0.519. The number of hydrogen-bond donors (Lipinski definition) is 3. The van der Waals surface area contributed by atoms with E-state index in [1.165, 1.54) is 18.9 Å². The van der Waals surface area contributed by atoms with Crippen molar-refractivity contribution >= 4 is 12.0 Å². The van der Waals surface area contributed by atoms with E-state index in [1.54, 1.807) is 30.7 Å². The zero-order chi connectivity index (χ0) is 23.1. The lowest BCUT2D eigenvalue weighted by molar-refractivity contribution is -0.192. The van der Waals surface area contributed by atoms with Crippen LogP contribution in [-0.2, 0) is 16.6 Å². The number of likely N-dealkylation sites (tertiary alicyclic amines) is 1. The molecule has 1 aromatic carbocycles. The Hall–Kier alpha value is -2.77. The molecule has 3 aliphatic carbocycles. The Labute approximate surface area is 198 Å². The van der Waals surface area contributed by atoms with Gasteiger partial charge in [0.25, 0.3) is 0 Å². The molecule has 1 saturated heterocycles. The number of phenols is 1. The fourth-order valence-electron chi connectivity index (χ4n) is 7.40. The van der Waals surface area contributed by atoms with Gasteiger partial charge >= 0.3 is 0 Å². The molecule has 0 radical (unpaired) electrons. The number of amides is 1. The van der Waals surface area contributed by atoms with Crippen molar-refractivity contribution in [2.24, 2.45) is 5.92 Å². The van der Waals surface area contributed by atoms with Crippen molar-refractivity contribution in [1.29, 1.82) is 0 Å². The van der Waals surface area contributed by atoms with Crippen LogP contribution in [0, 0.1) is 5.92 Å². The van der Waals surface area contributed by atoms with Gasteiger partial charge in [-0.2, -0.15) is 0 Å². The predicted molar refractivity (Wildman–Crippen MR) is 124 cm³/mol. The minimum Gasteiger partial charge on any atom is -0.504 e. The molecule has 3 heterocycles. The second-order valence-electron chi connectivity index (χ2n) is 10.8. The molecular formula is C27H30N2O5. The Morgan fingerprint density at radius 1 is 1.24 bits per heavy atom. The monoisotopic (exact) mass is 462 g/mol. The number of phenolic OH excluding ortho intramolecular Hbond substituents is 1. The summed E-state index contributed by atoms with van der Waals surface area (Å²) in [6.45, 7) is 1.95. The number of nitrogens with one attached hydrogen (secondary N) is 1. The van der Waals surface area contributed by atoms with E-state index in [4.69, 9.17) is 9.15 Å². The van der Waals surface area contributed by atoms with Crippen LogP contribution in [0.15, 0.2) is 41.2 Å². The largest absolute Gasteiger partial charge is 0.504 e. The molecule has 7 rings (SSSR count). The molecule has 7 heteroatoms. The number of carbonyl (C=O) groups excluding carboxylic acids is 1. The van der Waals surface area contributed by atoms with E-state index in [2.05, 4.69) is 10.2 Å². The van der Waals surface area contributed by atoms with E-state index in [0.29, 0.717) is 18.6 Å². The molecule has 34 heavy (non-hydrogen) atoms. The minimum absolute atomic E-state index is 0.0357. The minimum atomic E-state index is -0.940. The molecule has 3 fully saturated rings. The van der Waals surface area contributed by atoms with Gasteiger partial charge in [-0.15, -0.1) is 0 Å². The van der Waals surface area contributed by atoms with Crippen LogP contribution in [0.5, 0.6) is 11.5 Å². The van der Waals surface area contributed by atoms with Crippen molar-refractivity contribution in [1.82, 2.24) is 10.2 Å². The second kappa shape index (κ2) is 7.12. The number of benzene rings is 1. The highest BCUT2D eigenvalue weighted by molar-refractivity contribution is 5.92. The number of ether oxygens (including phenoxy) is 1. The molecule has 5 aliphatic rings. The molecular weight excluding hydrogens is 432 g/mol. The number of piperidine rings is 1. The Morgan fingerprint density at radius 2 is 2.12 bits per heavy atom. The van der Waals surface area contributed by atoms with Crippen molar-refractivity contribution in [2.75, 3.05) is 13.1 Å². The van der Waals surface area contributed by atoms with E-state index >= 15 is 0 Å². The van der Waals surface area contributed by atoms with Gasteiger partial charge in [-0.05, 0) is 74.8 Å². The zero-order valence-electron chi connectivity index (χ0n) is 19.1. The third-order valence-corrected chi connectivity index (χ3v) is 9.06. The van der Waals surface area contributed by atoms with Crippen molar-refractivity contribution in [3.05, 3.63) is 53.5 Å². The number of furan rings is 1. The maximum absolute atomic E-state index is 12.8. The van der Waals surface area contributed by atoms with E-state index < -0.39 is 17.1 Å². The average molecular weight is 463 g/mol. The molecule has 2 aliphatic heterocycles. The first-order chi connectivity index (χ1) is 16.5. The number of nitrogens with zero attached hydrogens (tertiary/aromatic N) is 1. The van der Waals surface area contributed by atoms with Gasteiger partial charge in [-0.25, -0.2) is 0 Å². The van der Waals surface area contributed by atoms with Crippen LogP contribution in [0.3, 0.4) is 0 Å². The molecule has 2 unspecified atom stereocenters. The normalized spacial score (nSPS) is 35.7. The van der Waals surface area contributed by atoms with Gasteiger partial charge in [0.2, 0.25) is 5.91 Å². The molecule has 7 nitrogen and oxygen atoms in total. The molecule has 2 aromatic rings. The van der Waals surface area contributed by atoms with E-state index in [1.807, 2.05) is 6.07 Å². The van der Waals surface area contributed by atoms with Gasteiger partial charge in [0, 0.05) is 29.8 Å². The summed E-state index contributed by atoms with van der Waals surface area (Å²) in [6, 6.07) is 5.30. The van der Waals surface area contributed by atoms with Crippen molar-refractivity contribution in [3.63, 3.8) is 0 Å². The molecule has 1 spiro atoms. The number of rotatable bonds is 5. The second-order valence-corrected chi connectivity index (χ2v) is 10.8. The molecule has 3 N–H and O–H groups in total. The Kier molecular flexibility index (Phi) is 4.31. The Balaban J connectivity index is 1.25. The summed E-state index contributed by atoms with van der Waals surface area (Å²) in [5.74, 6) is 1.18. The highest BCUT2D eigenvalue weighted by Gasteiger charge is 2.73. The van der Waals surface area contributed by atoms with Gasteiger partial charge in [-0.1, -0.05) is 6.07 Å². The van der Waals surface area contributed by atoms with Gasteiger partial charge in [0.05, 0.1) is 29.6 Å². The van der Waals surface area contributed by atoms with Gasteiger partial charge < -0.3 is 24.7 Å².